The van der Waals surface area contributed by atoms with Gasteiger partial charge in [-0.05, 0) is 12.1 Å². The van der Waals surface area contributed by atoms with Crippen LogP contribution in [0.3, 0.4) is 0 Å². The normalized spacial score (nSPS) is 14.7. The number of nitriles is 1. The summed E-state index contributed by atoms with van der Waals surface area (Å²) in [4.78, 5) is 11.2. The summed E-state index contributed by atoms with van der Waals surface area (Å²) in [6.45, 7) is 0. The van der Waals surface area contributed by atoms with Crippen LogP contribution in [0.15, 0.2) is 53.5 Å². The third-order valence-corrected chi connectivity index (χ3v) is 4.72. The lowest BCUT2D eigenvalue weighted by Gasteiger charge is -2.22. The van der Waals surface area contributed by atoms with E-state index in [-0.39, 0.29) is 33.8 Å². The maximum absolute atomic E-state index is 13.8. The van der Waals surface area contributed by atoms with E-state index in [4.69, 9.17) is 10.7 Å². The van der Waals surface area contributed by atoms with Crippen LogP contribution in [0, 0.1) is 16.9 Å². The van der Waals surface area contributed by atoms with E-state index < -0.39 is 35.0 Å². The van der Waals surface area contributed by atoms with Crippen molar-refractivity contribution >= 4 is 11.4 Å². The summed E-state index contributed by atoms with van der Waals surface area (Å²) in [6.07, 6.45) is -8.16. The maximum atomic E-state index is 13.8. The van der Waals surface area contributed by atoms with E-state index in [1.165, 1.54) is 18.3 Å². The third-order valence-electron chi connectivity index (χ3n) is 4.72. The van der Waals surface area contributed by atoms with Gasteiger partial charge in [0.1, 0.15) is 22.8 Å². The van der Waals surface area contributed by atoms with Gasteiger partial charge < -0.3 is 0 Å². The molecule has 1 aliphatic rings. The van der Waals surface area contributed by atoms with Gasteiger partial charge in [-0.25, -0.2) is 9.97 Å². The van der Waals surface area contributed by atoms with Crippen molar-refractivity contribution in [2.75, 3.05) is 0 Å². The molecule has 0 bridgehead atoms. The monoisotopic (exact) mass is 445 g/mol. The fraction of sp³-hybridized carbons (Fsp3) is 0.0952. The predicted molar refractivity (Wildman–Crippen MR) is 101 cm³/mol. The molecule has 0 saturated carbocycles. The van der Waals surface area contributed by atoms with Gasteiger partial charge in [-0.2, -0.15) is 36.6 Å². The number of fused-ring (bicyclic) bond motifs is 2. The Balaban J connectivity index is 1.99. The number of aromatic nitrogens is 2. The van der Waals surface area contributed by atoms with E-state index >= 15 is 0 Å². The molecule has 0 atom stereocenters. The van der Waals surface area contributed by atoms with Crippen molar-refractivity contribution in [1.82, 2.24) is 9.97 Å². The smallest absolute Gasteiger partial charge is 0.298 e. The Morgan fingerprint density at radius 1 is 0.781 bits per heavy atom. The molecule has 0 spiro atoms. The van der Waals surface area contributed by atoms with Gasteiger partial charge >= 0.3 is 12.4 Å². The minimum absolute atomic E-state index is 0.175. The maximum Gasteiger partial charge on any atom is 0.435 e. The molecule has 2 aromatic carbocycles. The van der Waals surface area contributed by atoms with Crippen molar-refractivity contribution in [3.05, 3.63) is 82.3 Å². The molecule has 5 nitrogen and oxygen atoms in total. The third kappa shape index (κ3) is 3.49. The number of hydrogen-bond acceptors (Lipinski definition) is 5. The highest BCUT2D eigenvalue weighted by Crippen LogP contribution is 2.38. The van der Waals surface area contributed by atoms with Crippen molar-refractivity contribution in [3.8, 4) is 17.5 Å². The van der Waals surface area contributed by atoms with Gasteiger partial charge in [0.2, 0.25) is 6.19 Å². The van der Waals surface area contributed by atoms with Crippen LogP contribution in [0.4, 0.5) is 26.3 Å². The standard InChI is InChI=1S/C21H9F6N5/c22-20(23,24)11-7-5-10(6-8-11)15-19(21(25,26)27)32-18-16(30-9-28)13-4-2-1-3-12(13)14(29)17(18)31-15/h1-8,29H. The molecule has 0 radical (unpaired) electrons. The number of nitrogens with one attached hydrogen (secondary N) is 1. The highest BCUT2D eigenvalue weighted by Gasteiger charge is 2.40. The lowest BCUT2D eigenvalue weighted by Crippen LogP contribution is -2.27. The van der Waals surface area contributed by atoms with Crippen LogP contribution in [-0.2, 0) is 12.4 Å². The Morgan fingerprint density at radius 3 is 1.97 bits per heavy atom. The molecule has 32 heavy (non-hydrogen) atoms. The molecule has 0 saturated heterocycles. The quantitative estimate of drug-likeness (QED) is 0.322. The van der Waals surface area contributed by atoms with Crippen LogP contribution in [0.2, 0.25) is 0 Å². The zero-order valence-electron chi connectivity index (χ0n) is 15.7. The molecule has 0 aliphatic heterocycles. The molecule has 4 rings (SSSR count). The number of aliphatic imine (C=N–C) groups is 1. The summed E-state index contributed by atoms with van der Waals surface area (Å²) in [5.41, 5.74) is -4.06. The molecule has 1 N–H and O–H groups in total. The number of alkyl halides is 6. The largest absolute Gasteiger partial charge is 0.435 e. The zero-order chi connectivity index (χ0) is 23.3. The lowest BCUT2D eigenvalue weighted by molar-refractivity contribution is -0.141. The number of rotatable bonds is 1. The number of nitrogens with zero attached hydrogens (tertiary/aromatic N) is 4. The van der Waals surface area contributed by atoms with Crippen LogP contribution in [0.5, 0.6) is 0 Å². The van der Waals surface area contributed by atoms with Gasteiger partial charge in [0.15, 0.2) is 5.69 Å². The van der Waals surface area contributed by atoms with Gasteiger partial charge in [0.25, 0.3) is 0 Å². The fourth-order valence-electron chi connectivity index (χ4n) is 3.32. The van der Waals surface area contributed by atoms with Gasteiger partial charge in [0, 0.05) is 16.7 Å². The van der Waals surface area contributed by atoms with Crippen LogP contribution < -0.4 is 0 Å². The first-order chi connectivity index (χ1) is 15.0. The van der Waals surface area contributed by atoms with Gasteiger partial charge in [-0.1, -0.05) is 36.4 Å². The molecule has 0 unspecified atom stereocenters. The number of halogens is 6. The Hall–Kier alpha value is -4.07. The van der Waals surface area contributed by atoms with E-state index in [2.05, 4.69) is 15.0 Å². The molecular weight excluding hydrogens is 436 g/mol. The Kier molecular flexibility index (Phi) is 4.81. The fourth-order valence-corrected chi connectivity index (χ4v) is 3.32. The van der Waals surface area contributed by atoms with E-state index in [9.17, 15) is 26.3 Å². The molecule has 1 aromatic heterocycles. The topological polar surface area (TPSA) is 85.8 Å². The molecule has 160 valence electrons. The second-order valence-electron chi connectivity index (χ2n) is 6.67. The van der Waals surface area contributed by atoms with Crippen molar-refractivity contribution in [1.29, 1.82) is 10.7 Å². The summed E-state index contributed by atoms with van der Waals surface area (Å²) in [7, 11) is 0. The molecule has 0 amide bonds. The second kappa shape index (κ2) is 7.26. The van der Waals surface area contributed by atoms with E-state index in [0.29, 0.717) is 12.1 Å². The zero-order valence-corrected chi connectivity index (χ0v) is 15.7. The summed E-state index contributed by atoms with van der Waals surface area (Å²) >= 11 is 0. The summed E-state index contributed by atoms with van der Waals surface area (Å²) in [5, 5.41) is 17.4. The van der Waals surface area contributed by atoms with Crippen molar-refractivity contribution in [2.45, 2.75) is 12.4 Å². The molecule has 1 aliphatic carbocycles. The summed E-state index contributed by atoms with van der Waals surface area (Å²) in [6, 6.07) is 9.17. The average molecular weight is 445 g/mol. The Morgan fingerprint density at radius 2 is 1.41 bits per heavy atom. The first-order valence-electron chi connectivity index (χ1n) is 8.85. The minimum atomic E-state index is -5.02. The molecule has 3 aromatic rings. The number of hydrogen-bond donors (Lipinski definition) is 1. The van der Waals surface area contributed by atoms with E-state index in [1.54, 1.807) is 12.1 Å². The van der Waals surface area contributed by atoms with Crippen LogP contribution in [0.25, 0.3) is 11.3 Å². The Labute approximate surface area is 176 Å². The SMILES string of the molecule is N#CN=C1c2ccccc2C(=N)c2nc(-c3ccc(C(F)(F)F)cc3)c(C(F)(F)F)nc21. The van der Waals surface area contributed by atoms with Crippen LogP contribution in [-0.4, -0.2) is 21.4 Å². The van der Waals surface area contributed by atoms with E-state index in [0.717, 1.165) is 12.1 Å². The van der Waals surface area contributed by atoms with Gasteiger partial charge in [-0.15, -0.1) is 0 Å². The number of benzene rings is 2. The molecule has 11 heteroatoms. The first kappa shape index (κ1) is 21.2. The van der Waals surface area contributed by atoms with Gasteiger partial charge in [0.05, 0.1) is 11.3 Å². The van der Waals surface area contributed by atoms with Crippen LogP contribution in [0.1, 0.15) is 33.8 Å². The summed E-state index contributed by atoms with van der Waals surface area (Å²) in [5.74, 6) is 0. The van der Waals surface area contributed by atoms with Crippen molar-refractivity contribution < 1.29 is 26.3 Å². The highest BCUT2D eigenvalue weighted by atomic mass is 19.4. The molecule has 1 heterocycles. The summed E-state index contributed by atoms with van der Waals surface area (Å²) < 4.78 is 80.1. The highest BCUT2D eigenvalue weighted by molar-refractivity contribution is 6.29. The minimum Gasteiger partial charge on any atom is -0.298 e. The second-order valence-corrected chi connectivity index (χ2v) is 6.67. The van der Waals surface area contributed by atoms with E-state index in [1.807, 2.05) is 0 Å². The van der Waals surface area contributed by atoms with Crippen LogP contribution >= 0.6 is 0 Å². The first-order valence-corrected chi connectivity index (χ1v) is 8.85. The van der Waals surface area contributed by atoms with Crippen molar-refractivity contribution in [3.63, 3.8) is 0 Å². The molecular formula is C21H9F6N5. The Bertz CT molecular complexity index is 1310. The predicted octanol–water partition coefficient (Wildman–Crippen LogP) is 5.23. The molecule has 0 fully saturated rings. The lowest BCUT2D eigenvalue weighted by atomic mass is 9.88. The average Bonchev–Trinajstić information content (AvgIpc) is 2.74. The van der Waals surface area contributed by atoms with Gasteiger partial charge in [-0.3, -0.25) is 5.41 Å². The van der Waals surface area contributed by atoms with Crippen molar-refractivity contribution in [2.24, 2.45) is 4.99 Å².